The van der Waals surface area contributed by atoms with E-state index in [0.29, 0.717) is 11.7 Å². The number of likely N-dealkylation sites (tertiary alicyclic amines) is 1. The van der Waals surface area contributed by atoms with Gasteiger partial charge in [0.15, 0.2) is 5.82 Å². The van der Waals surface area contributed by atoms with Crippen molar-refractivity contribution in [3.63, 3.8) is 0 Å². The normalized spacial score (nSPS) is 19.1. The average molecular weight is 289 g/mol. The van der Waals surface area contributed by atoms with Crippen LogP contribution >= 0.6 is 11.3 Å². The van der Waals surface area contributed by atoms with Gasteiger partial charge in [-0.25, -0.2) is 0 Å². The third-order valence-electron chi connectivity index (χ3n) is 3.30. The number of thiophene rings is 1. The second-order valence-corrected chi connectivity index (χ2v) is 5.70. The molecule has 0 aliphatic carbocycles. The molecule has 1 amide bonds. The van der Waals surface area contributed by atoms with Crippen LogP contribution in [0.2, 0.25) is 0 Å². The van der Waals surface area contributed by atoms with E-state index in [9.17, 15) is 4.79 Å². The molecule has 20 heavy (non-hydrogen) atoms. The maximum atomic E-state index is 12.3. The maximum Gasteiger partial charge on any atom is 0.249 e. The third-order valence-corrected chi connectivity index (χ3v) is 4.14. The van der Waals surface area contributed by atoms with Gasteiger partial charge in [0.25, 0.3) is 0 Å². The lowest BCUT2D eigenvalue weighted by Crippen LogP contribution is -2.29. The zero-order chi connectivity index (χ0) is 13.9. The number of hydrogen-bond donors (Lipinski definition) is 0. The van der Waals surface area contributed by atoms with Crippen molar-refractivity contribution in [1.82, 2.24) is 15.0 Å². The van der Waals surface area contributed by atoms with Crippen LogP contribution in [0, 0.1) is 6.92 Å². The Hall–Kier alpha value is -1.95. The van der Waals surface area contributed by atoms with E-state index in [-0.39, 0.29) is 11.9 Å². The fourth-order valence-corrected chi connectivity index (χ4v) is 2.99. The second-order valence-electron chi connectivity index (χ2n) is 4.72. The monoisotopic (exact) mass is 289 g/mol. The van der Waals surface area contributed by atoms with Crippen LogP contribution in [-0.2, 0) is 4.79 Å². The highest BCUT2D eigenvalue weighted by molar-refractivity contribution is 7.10. The Morgan fingerprint density at radius 3 is 3.20 bits per heavy atom. The SMILES string of the molecule is Cc1noc(C2CCCN2C(=O)/C=C/c2cccs2)n1. The molecule has 104 valence electrons. The number of nitrogens with zero attached hydrogens (tertiary/aromatic N) is 3. The third kappa shape index (κ3) is 2.65. The van der Waals surface area contributed by atoms with Gasteiger partial charge in [0.2, 0.25) is 11.8 Å². The Morgan fingerprint density at radius 1 is 1.60 bits per heavy atom. The van der Waals surface area contributed by atoms with Crippen molar-refractivity contribution in [3.8, 4) is 0 Å². The lowest BCUT2D eigenvalue weighted by molar-refractivity contribution is -0.127. The molecule has 1 aliphatic heterocycles. The van der Waals surface area contributed by atoms with Crippen LogP contribution in [0.4, 0.5) is 0 Å². The zero-order valence-electron chi connectivity index (χ0n) is 11.2. The molecule has 5 nitrogen and oxygen atoms in total. The van der Waals surface area contributed by atoms with Crippen LogP contribution in [0.15, 0.2) is 28.1 Å². The number of aryl methyl sites for hydroxylation is 1. The summed E-state index contributed by atoms with van der Waals surface area (Å²) in [5.74, 6) is 1.14. The molecule has 0 radical (unpaired) electrons. The van der Waals surface area contributed by atoms with Crippen LogP contribution in [-0.4, -0.2) is 27.5 Å². The molecule has 1 saturated heterocycles. The van der Waals surface area contributed by atoms with Gasteiger partial charge in [-0.1, -0.05) is 11.2 Å². The number of aromatic nitrogens is 2. The minimum Gasteiger partial charge on any atom is -0.337 e. The van der Waals surface area contributed by atoms with E-state index in [1.807, 2.05) is 23.6 Å². The first-order valence-electron chi connectivity index (χ1n) is 6.56. The van der Waals surface area contributed by atoms with Gasteiger partial charge in [-0.05, 0) is 37.3 Å². The smallest absolute Gasteiger partial charge is 0.249 e. The molecule has 0 bridgehead atoms. The minimum absolute atomic E-state index is 0.00301. The Morgan fingerprint density at radius 2 is 2.50 bits per heavy atom. The Kier molecular flexibility index (Phi) is 3.64. The maximum absolute atomic E-state index is 12.3. The number of carbonyl (C=O) groups excluding carboxylic acids is 1. The van der Waals surface area contributed by atoms with Gasteiger partial charge < -0.3 is 9.42 Å². The minimum atomic E-state index is -0.0864. The van der Waals surface area contributed by atoms with Crippen molar-refractivity contribution >= 4 is 23.3 Å². The van der Waals surface area contributed by atoms with Crippen molar-refractivity contribution in [2.75, 3.05) is 6.54 Å². The first kappa shape index (κ1) is 13.1. The van der Waals surface area contributed by atoms with Crippen molar-refractivity contribution in [3.05, 3.63) is 40.2 Å². The van der Waals surface area contributed by atoms with E-state index >= 15 is 0 Å². The molecule has 3 heterocycles. The molecule has 1 atom stereocenters. The summed E-state index contributed by atoms with van der Waals surface area (Å²) in [6.45, 7) is 2.52. The quantitative estimate of drug-likeness (QED) is 0.815. The molecule has 6 heteroatoms. The highest BCUT2D eigenvalue weighted by Crippen LogP contribution is 2.31. The zero-order valence-corrected chi connectivity index (χ0v) is 12.0. The first-order chi connectivity index (χ1) is 9.74. The van der Waals surface area contributed by atoms with Crippen molar-refractivity contribution in [2.45, 2.75) is 25.8 Å². The van der Waals surface area contributed by atoms with Gasteiger partial charge in [-0.3, -0.25) is 4.79 Å². The highest BCUT2D eigenvalue weighted by atomic mass is 32.1. The lowest BCUT2D eigenvalue weighted by atomic mass is 10.2. The summed E-state index contributed by atoms with van der Waals surface area (Å²) >= 11 is 1.61. The molecule has 1 fully saturated rings. The van der Waals surface area contributed by atoms with Crippen molar-refractivity contribution in [1.29, 1.82) is 0 Å². The van der Waals surface area contributed by atoms with Crippen molar-refractivity contribution in [2.24, 2.45) is 0 Å². The van der Waals surface area contributed by atoms with Crippen LogP contribution in [0.25, 0.3) is 6.08 Å². The summed E-state index contributed by atoms with van der Waals surface area (Å²) in [5.41, 5.74) is 0. The second kappa shape index (κ2) is 5.58. The molecule has 3 rings (SSSR count). The molecular weight excluding hydrogens is 274 g/mol. The molecule has 2 aromatic rings. The van der Waals surface area contributed by atoms with Gasteiger partial charge in [0, 0.05) is 17.5 Å². The fourth-order valence-electron chi connectivity index (χ4n) is 2.37. The summed E-state index contributed by atoms with van der Waals surface area (Å²) < 4.78 is 5.20. The van der Waals surface area contributed by atoms with Gasteiger partial charge >= 0.3 is 0 Å². The standard InChI is InChI=1S/C14H15N3O2S/c1-10-15-14(19-16-10)12-5-2-8-17(12)13(18)7-6-11-4-3-9-20-11/h3-4,6-7,9,12H,2,5,8H2,1H3/b7-6+. The van der Waals surface area contributed by atoms with Crippen molar-refractivity contribution < 1.29 is 9.32 Å². The predicted molar refractivity (Wildman–Crippen MR) is 76.1 cm³/mol. The topological polar surface area (TPSA) is 59.2 Å². The number of hydrogen-bond acceptors (Lipinski definition) is 5. The molecule has 1 unspecified atom stereocenters. The van der Waals surface area contributed by atoms with E-state index in [4.69, 9.17) is 4.52 Å². The van der Waals surface area contributed by atoms with E-state index in [1.54, 1.807) is 29.2 Å². The lowest BCUT2D eigenvalue weighted by Gasteiger charge is -2.19. The predicted octanol–water partition coefficient (Wildman–Crippen LogP) is 2.82. The highest BCUT2D eigenvalue weighted by Gasteiger charge is 2.32. The van der Waals surface area contributed by atoms with Crippen LogP contribution < -0.4 is 0 Å². The summed E-state index contributed by atoms with van der Waals surface area (Å²) in [5, 5.41) is 5.79. The molecule has 0 aromatic carbocycles. The Labute approximate surface area is 120 Å². The average Bonchev–Trinajstić information content (AvgIpc) is 3.16. The number of rotatable bonds is 3. The molecular formula is C14H15N3O2S. The van der Waals surface area contributed by atoms with Gasteiger partial charge in [0.05, 0.1) is 0 Å². The first-order valence-corrected chi connectivity index (χ1v) is 7.44. The molecule has 2 aromatic heterocycles. The number of amides is 1. The van der Waals surface area contributed by atoms with E-state index < -0.39 is 0 Å². The molecule has 1 aliphatic rings. The number of carbonyl (C=O) groups is 1. The van der Waals surface area contributed by atoms with Crippen LogP contribution in [0.1, 0.15) is 35.5 Å². The Balaban J connectivity index is 1.73. The van der Waals surface area contributed by atoms with Crippen LogP contribution in [0.3, 0.4) is 0 Å². The molecule has 0 spiro atoms. The van der Waals surface area contributed by atoms with E-state index in [1.165, 1.54) is 0 Å². The largest absolute Gasteiger partial charge is 0.337 e. The van der Waals surface area contributed by atoms with Gasteiger partial charge in [0.1, 0.15) is 6.04 Å². The van der Waals surface area contributed by atoms with Gasteiger partial charge in [-0.15, -0.1) is 11.3 Å². The Bertz CT molecular complexity index is 618. The van der Waals surface area contributed by atoms with E-state index in [0.717, 1.165) is 24.3 Å². The fraction of sp³-hybridized carbons (Fsp3) is 0.357. The summed E-state index contributed by atoms with van der Waals surface area (Å²) in [7, 11) is 0. The summed E-state index contributed by atoms with van der Waals surface area (Å²) in [6, 6.07) is 3.86. The van der Waals surface area contributed by atoms with Crippen LogP contribution in [0.5, 0.6) is 0 Å². The molecule has 0 saturated carbocycles. The van der Waals surface area contributed by atoms with Gasteiger partial charge in [-0.2, -0.15) is 4.98 Å². The summed E-state index contributed by atoms with van der Waals surface area (Å²) in [6.07, 6.45) is 5.31. The summed E-state index contributed by atoms with van der Waals surface area (Å²) in [4.78, 5) is 19.4. The van der Waals surface area contributed by atoms with E-state index in [2.05, 4.69) is 10.1 Å². The molecule has 0 N–H and O–H groups in total.